The van der Waals surface area contributed by atoms with E-state index in [1.165, 1.54) is 30.2 Å². The molecule has 6 rings (SSSR count). The van der Waals surface area contributed by atoms with Gasteiger partial charge in [0.15, 0.2) is 11.6 Å². The van der Waals surface area contributed by atoms with Gasteiger partial charge in [0, 0.05) is 56.1 Å². The van der Waals surface area contributed by atoms with E-state index in [1.807, 2.05) is 11.8 Å². The van der Waals surface area contributed by atoms with Gasteiger partial charge < -0.3 is 34.9 Å². The molecule has 0 saturated carbocycles. The molecule has 0 aliphatic carbocycles. The molecule has 0 spiro atoms. The van der Waals surface area contributed by atoms with Crippen molar-refractivity contribution in [2.45, 2.75) is 25.6 Å². The third-order valence-electron chi connectivity index (χ3n) is 8.26. The summed E-state index contributed by atoms with van der Waals surface area (Å²) in [4.78, 5) is 50.7. The monoisotopic (exact) mass is 660 g/mol. The minimum atomic E-state index is -1.75. The lowest BCUT2D eigenvalue weighted by molar-refractivity contribution is -0.116. The number of fused-ring (bicyclic) bond motifs is 1. The van der Waals surface area contributed by atoms with Crippen LogP contribution in [-0.4, -0.2) is 85.9 Å². The molecule has 2 saturated heterocycles. The van der Waals surface area contributed by atoms with Crippen LogP contribution in [0.5, 0.6) is 5.75 Å². The summed E-state index contributed by atoms with van der Waals surface area (Å²) in [5.41, 5.74) is 2.94. The number of aromatic nitrogens is 4. The second kappa shape index (κ2) is 11.9. The highest BCUT2D eigenvalue weighted by molar-refractivity contribution is 6.33. The highest BCUT2D eigenvalue weighted by atomic mass is 35.5. The lowest BCUT2D eigenvalue weighted by Gasteiger charge is -2.46. The van der Waals surface area contributed by atoms with E-state index in [4.69, 9.17) is 22.1 Å². The Bertz CT molecular complexity index is 1960. The Balaban J connectivity index is 1.31. The topological polar surface area (TPSA) is 161 Å². The van der Waals surface area contributed by atoms with Crippen molar-refractivity contribution in [3.63, 3.8) is 0 Å². The minimum absolute atomic E-state index is 0.0236. The number of carbonyl (C=O) groups excluding carboxylic acids is 2. The third kappa shape index (κ3) is 5.41. The first-order valence-electron chi connectivity index (χ1n) is 14.2. The summed E-state index contributed by atoms with van der Waals surface area (Å²) < 4.78 is 52.2. The normalized spacial score (nSPS) is 17.3. The van der Waals surface area contributed by atoms with Crippen molar-refractivity contribution in [2.24, 2.45) is 12.8 Å². The van der Waals surface area contributed by atoms with Gasteiger partial charge in [-0.2, -0.15) is 8.78 Å². The van der Waals surface area contributed by atoms with E-state index in [0.717, 1.165) is 10.6 Å². The van der Waals surface area contributed by atoms with E-state index in [0.29, 0.717) is 38.9 Å². The summed E-state index contributed by atoms with van der Waals surface area (Å²) in [6.45, 7) is 4.80. The number of nitrogens with zero attached hydrogens (tertiary/aromatic N) is 6. The van der Waals surface area contributed by atoms with Gasteiger partial charge in [0.1, 0.15) is 23.0 Å². The number of nitrogens with one attached hydrogen (secondary N) is 1. The minimum Gasteiger partial charge on any atom is -0.504 e. The van der Waals surface area contributed by atoms with Crippen LogP contribution in [0.1, 0.15) is 17.3 Å². The Hall–Kier alpha value is -4.67. The highest BCUT2D eigenvalue weighted by Gasteiger charge is 2.33. The lowest BCUT2D eigenvalue weighted by Crippen LogP contribution is -2.59. The first-order chi connectivity index (χ1) is 21.8. The van der Waals surface area contributed by atoms with Gasteiger partial charge in [-0.25, -0.2) is 14.4 Å². The van der Waals surface area contributed by atoms with Gasteiger partial charge in [0.05, 0.1) is 42.2 Å². The molecule has 2 amide bonds. The number of benzene rings is 1. The van der Waals surface area contributed by atoms with E-state index in [1.54, 1.807) is 0 Å². The molecule has 2 aliphatic heterocycles. The van der Waals surface area contributed by atoms with Gasteiger partial charge in [-0.05, 0) is 13.0 Å². The number of ether oxygens (including phenoxy) is 1. The van der Waals surface area contributed by atoms with Crippen molar-refractivity contribution >= 4 is 46.0 Å². The number of rotatable bonds is 7. The van der Waals surface area contributed by atoms with Crippen molar-refractivity contribution in [1.82, 2.24) is 24.0 Å². The van der Waals surface area contributed by atoms with Gasteiger partial charge in [-0.15, -0.1) is 0 Å². The second-order valence-electron chi connectivity index (χ2n) is 11.3. The number of aromatic hydroxyl groups is 1. The maximum atomic E-state index is 15.1. The molecular weight excluding hydrogens is 633 g/mol. The molecule has 1 aromatic carbocycles. The van der Waals surface area contributed by atoms with E-state index in [9.17, 15) is 28.3 Å². The van der Waals surface area contributed by atoms with Crippen molar-refractivity contribution < 1.29 is 32.6 Å². The number of aryl methyl sites for hydroxylation is 1. The highest BCUT2D eigenvalue weighted by Crippen LogP contribution is 2.36. The Morgan fingerprint density at radius 1 is 1.17 bits per heavy atom. The maximum Gasteiger partial charge on any atom is 0.263 e. The summed E-state index contributed by atoms with van der Waals surface area (Å²) in [6, 6.07) is 2.60. The van der Waals surface area contributed by atoms with Crippen LogP contribution in [0.4, 0.5) is 24.7 Å². The number of phenols is 1. The molecule has 46 heavy (non-hydrogen) atoms. The summed E-state index contributed by atoms with van der Waals surface area (Å²) in [5.74, 6) is -7.25. The fraction of sp³-hybridized carbons (Fsp3) is 0.345. The van der Waals surface area contributed by atoms with Crippen LogP contribution < -0.4 is 21.5 Å². The molecule has 2 fully saturated rings. The van der Waals surface area contributed by atoms with E-state index >= 15 is 4.39 Å². The van der Waals surface area contributed by atoms with Gasteiger partial charge >= 0.3 is 0 Å². The lowest BCUT2D eigenvalue weighted by atomic mass is 10.0. The zero-order valence-electron chi connectivity index (χ0n) is 24.6. The fourth-order valence-electron chi connectivity index (χ4n) is 5.75. The zero-order valence-corrected chi connectivity index (χ0v) is 25.3. The number of nitrogens with two attached hydrogens (primary N) is 1. The summed E-state index contributed by atoms with van der Waals surface area (Å²) >= 11 is 6.19. The van der Waals surface area contributed by atoms with Crippen LogP contribution >= 0.6 is 11.6 Å². The summed E-state index contributed by atoms with van der Waals surface area (Å²) in [7, 11) is 1.38. The van der Waals surface area contributed by atoms with Crippen LogP contribution in [0.15, 0.2) is 29.5 Å². The molecule has 0 unspecified atom stereocenters. The van der Waals surface area contributed by atoms with Crippen LogP contribution in [0.25, 0.3) is 22.2 Å². The number of hydrogen-bond donors (Lipinski definition) is 3. The van der Waals surface area contributed by atoms with E-state index < -0.39 is 63.4 Å². The molecule has 0 radical (unpaired) electrons. The number of anilines is 2. The first-order valence-corrected chi connectivity index (χ1v) is 14.5. The average molecular weight is 661 g/mol. The largest absolute Gasteiger partial charge is 0.504 e. The predicted molar refractivity (Wildman–Crippen MR) is 161 cm³/mol. The number of carbonyl (C=O) groups is 2. The van der Waals surface area contributed by atoms with Gasteiger partial charge in [0.2, 0.25) is 17.7 Å². The fourth-order valence-corrected chi connectivity index (χ4v) is 5.89. The number of hydrogen-bond acceptors (Lipinski definition) is 9. The number of pyridine rings is 1. The second-order valence-corrected chi connectivity index (χ2v) is 11.6. The predicted octanol–water partition coefficient (Wildman–Crippen LogP) is 2.22. The third-order valence-corrected chi connectivity index (χ3v) is 8.62. The van der Waals surface area contributed by atoms with Crippen molar-refractivity contribution in [3.8, 4) is 16.9 Å². The Kier molecular flexibility index (Phi) is 8.12. The average Bonchev–Trinajstić information content (AvgIpc) is 3.33. The van der Waals surface area contributed by atoms with Gasteiger partial charge in [-0.1, -0.05) is 11.6 Å². The van der Waals surface area contributed by atoms with Crippen molar-refractivity contribution in [3.05, 3.63) is 63.2 Å². The Labute approximate surface area is 263 Å². The molecule has 3 aromatic heterocycles. The standard InChI is InChI=1S/C29H28ClF3N8O5/c1-13-7-39(14-10-46-11-14)3-4-41(13)19-6-18(22(30)26(33)37-19)36-20(42)9-40-8-17(21-28(40)35-12-38(2)29(21)45)15-5-16(27(34)44)25(43)24(32)23(15)31/h5-6,8,12-14,43H,3-4,7,9-11H2,1-2H3,(H2,34,44)(H,36,37,42)/t13-/m0/s1. The van der Waals surface area contributed by atoms with Gasteiger partial charge in [-0.3, -0.25) is 19.3 Å². The Morgan fingerprint density at radius 3 is 2.57 bits per heavy atom. The maximum absolute atomic E-state index is 15.1. The first kappa shape index (κ1) is 31.3. The van der Waals surface area contributed by atoms with E-state index in [-0.39, 0.29) is 34.1 Å². The molecule has 13 nitrogen and oxygen atoms in total. The van der Waals surface area contributed by atoms with E-state index in [2.05, 4.69) is 20.2 Å². The smallest absolute Gasteiger partial charge is 0.263 e. The SMILES string of the molecule is C[C@H]1CN(C2COC2)CCN1c1cc(NC(=O)Cn2cc(-c3cc(C(N)=O)c(O)c(F)c3F)c3c(=O)n(C)cnc32)c(Cl)c(F)n1. The van der Waals surface area contributed by atoms with Crippen molar-refractivity contribution in [2.75, 3.05) is 43.1 Å². The van der Waals surface area contributed by atoms with Crippen LogP contribution in [0, 0.1) is 17.6 Å². The molecule has 1 atom stereocenters. The molecule has 2 aliphatic rings. The number of primary amides is 1. The molecule has 0 bridgehead atoms. The molecule has 4 aromatic rings. The number of piperazine rings is 1. The molecule has 5 heterocycles. The number of halogens is 4. The molecule has 17 heteroatoms. The van der Waals surface area contributed by atoms with Crippen LogP contribution in [-0.2, 0) is 23.1 Å². The molecule has 242 valence electrons. The summed E-state index contributed by atoms with van der Waals surface area (Å²) in [5, 5.41) is 11.8. The van der Waals surface area contributed by atoms with Crippen LogP contribution in [0.2, 0.25) is 5.02 Å². The van der Waals surface area contributed by atoms with Crippen LogP contribution in [0.3, 0.4) is 0 Å². The van der Waals surface area contributed by atoms with Crippen molar-refractivity contribution in [1.29, 1.82) is 0 Å². The summed E-state index contributed by atoms with van der Waals surface area (Å²) in [6.07, 6.45) is 2.35. The van der Waals surface area contributed by atoms with Gasteiger partial charge in [0.25, 0.3) is 11.5 Å². The molecule has 4 N–H and O–H groups in total. The molecular formula is C29H28ClF3N8O5. The quantitative estimate of drug-likeness (QED) is 0.253. The Morgan fingerprint density at radius 2 is 1.91 bits per heavy atom. The zero-order chi connectivity index (χ0) is 33.0. The number of amides is 2.